The van der Waals surface area contributed by atoms with Crippen LogP contribution in [0.2, 0.25) is 0 Å². The maximum absolute atomic E-state index is 14.3. The molecule has 3 heterocycles. The fraction of sp³-hybridized carbons (Fsp3) is 0.171. The Morgan fingerprint density at radius 2 is 1.71 bits per heavy atom. The fourth-order valence-electron chi connectivity index (χ4n) is 5.73. The van der Waals surface area contributed by atoms with Crippen LogP contribution in [0.3, 0.4) is 0 Å². The maximum atomic E-state index is 14.3. The molecule has 1 amide bonds. The van der Waals surface area contributed by atoms with Gasteiger partial charge in [-0.15, -0.1) is 0 Å². The van der Waals surface area contributed by atoms with Gasteiger partial charge in [0.05, 0.1) is 30.0 Å². The number of aromatic nitrogens is 2. The highest BCUT2D eigenvalue weighted by Gasteiger charge is 2.34. The van der Waals surface area contributed by atoms with Gasteiger partial charge in [0.15, 0.2) is 4.80 Å². The summed E-state index contributed by atoms with van der Waals surface area (Å²) in [6.07, 6.45) is 1.84. The summed E-state index contributed by atoms with van der Waals surface area (Å²) in [5, 5.41) is 2.97. The number of anilines is 1. The van der Waals surface area contributed by atoms with Gasteiger partial charge in [0.25, 0.3) is 11.5 Å². The number of carbonyl (C=O) groups is 1. The Balaban J connectivity index is 1.52. The number of ether oxygens (including phenoxy) is 2. The summed E-state index contributed by atoms with van der Waals surface area (Å²) >= 11 is 1.26. The second-order valence-electron chi connectivity index (χ2n) is 10.6. The zero-order chi connectivity index (χ0) is 31.8. The van der Waals surface area contributed by atoms with Crippen molar-refractivity contribution in [2.75, 3.05) is 19.5 Å². The molecule has 0 aliphatic carbocycles. The third kappa shape index (κ3) is 5.49. The van der Waals surface area contributed by atoms with Crippen molar-refractivity contribution in [3.8, 4) is 17.2 Å². The number of hydrogen-bond acceptors (Lipinski definition) is 6. The van der Waals surface area contributed by atoms with E-state index in [0.717, 1.165) is 22.6 Å². The van der Waals surface area contributed by atoms with Crippen LogP contribution in [-0.2, 0) is 4.79 Å². The van der Waals surface area contributed by atoms with Crippen LogP contribution >= 0.6 is 11.3 Å². The number of para-hydroxylation sites is 1. The highest BCUT2D eigenvalue weighted by atomic mass is 32.1. The molecule has 5 aromatic rings. The average Bonchev–Trinajstić information content (AvgIpc) is 3.50. The minimum atomic E-state index is -0.820. The Hall–Kier alpha value is -5.22. The summed E-state index contributed by atoms with van der Waals surface area (Å²) in [4.78, 5) is 33.4. The average molecular weight is 623 g/mol. The van der Waals surface area contributed by atoms with Gasteiger partial charge in [-0.05, 0) is 87.0 Å². The minimum absolute atomic E-state index is 0.286. The fourth-order valence-corrected chi connectivity index (χ4v) is 6.77. The van der Waals surface area contributed by atoms with Gasteiger partial charge in [-0.2, -0.15) is 0 Å². The third-order valence-electron chi connectivity index (χ3n) is 7.87. The summed E-state index contributed by atoms with van der Waals surface area (Å²) in [7, 11) is 3.10. The van der Waals surface area contributed by atoms with Gasteiger partial charge in [0.1, 0.15) is 23.4 Å². The molecule has 0 spiro atoms. The molecule has 0 radical (unpaired) electrons. The van der Waals surface area contributed by atoms with Gasteiger partial charge >= 0.3 is 0 Å². The number of rotatable bonds is 7. The number of nitrogens with zero attached hydrogens (tertiary/aromatic N) is 3. The van der Waals surface area contributed by atoms with Crippen LogP contribution in [0.4, 0.5) is 10.1 Å². The first kappa shape index (κ1) is 29.8. The number of hydrogen-bond donors (Lipinski definition) is 1. The van der Waals surface area contributed by atoms with Gasteiger partial charge in [-0.25, -0.2) is 9.38 Å². The SMILES string of the molecule is COc1ccc([C@H]2C(C(=O)Nc3ccccc3)=C(C)N=c3s/c(=C\c4cc(C)n(-c5ccc(F)cc5)c4C)c(=O)n32)c(OC)c1. The molecule has 1 aliphatic heterocycles. The molecule has 8 nitrogen and oxygen atoms in total. The first-order chi connectivity index (χ1) is 21.7. The zero-order valence-electron chi connectivity index (χ0n) is 25.4. The number of aryl methyl sites for hydroxylation is 1. The molecular weight excluding hydrogens is 591 g/mol. The van der Waals surface area contributed by atoms with Crippen molar-refractivity contribution in [2.45, 2.75) is 26.8 Å². The number of allylic oxidation sites excluding steroid dienone is 1. The van der Waals surface area contributed by atoms with Crippen molar-refractivity contribution in [1.29, 1.82) is 0 Å². The number of thiazole rings is 1. The first-order valence-corrected chi connectivity index (χ1v) is 15.1. The summed E-state index contributed by atoms with van der Waals surface area (Å²) in [6.45, 7) is 5.70. The van der Waals surface area contributed by atoms with E-state index in [0.29, 0.717) is 43.4 Å². The van der Waals surface area contributed by atoms with Crippen LogP contribution in [0.1, 0.15) is 35.5 Å². The van der Waals surface area contributed by atoms with E-state index in [9.17, 15) is 14.0 Å². The number of fused-ring (bicyclic) bond motifs is 1. The maximum Gasteiger partial charge on any atom is 0.271 e. The van der Waals surface area contributed by atoms with Crippen molar-refractivity contribution in [3.05, 3.63) is 138 Å². The lowest BCUT2D eigenvalue weighted by Crippen LogP contribution is -2.40. The first-order valence-electron chi connectivity index (χ1n) is 14.3. The van der Waals surface area contributed by atoms with Crippen molar-refractivity contribution < 1.29 is 18.7 Å². The van der Waals surface area contributed by atoms with Crippen LogP contribution in [-0.4, -0.2) is 29.3 Å². The lowest BCUT2D eigenvalue weighted by Gasteiger charge is -2.26. The van der Waals surface area contributed by atoms with Gasteiger partial charge < -0.3 is 19.4 Å². The van der Waals surface area contributed by atoms with E-state index in [4.69, 9.17) is 14.5 Å². The summed E-state index contributed by atoms with van der Waals surface area (Å²) in [6, 6.07) is 21.9. The molecule has 1 N–H and O–H groups in total. The van der Waals surface area contributed by atoms with Crippen LogP contribution in [0.15, 0.2) is 99.9 Å². The predicted octanol–water partition coefficient (Wildman–Crippen LogP) is 5.44. The molecule has 0 saturated carbocycles. The standard InChI is InChI=1S/C35H31FN4O4S/c1-20-17-23(22(3)39(20)26-13-11-24(36)12-14-26)18-30-34(42)40-32(28-16-15-27(43-4)19-29(28)44-5)31(21(2)37-35(40)45-30)33(41)38-25-9-7-6-8-10-25/h6-19,32H,1-5H3,(H,38,41)/b30-18-/t32-/m0/s1. The number of halogens is 1. The summed E-state index contributed by atoms with van der Waals surface area (Å²) < 4.78 is 28.8. The Bertz CT molecular complexity index is 2140. The normalized spacial score (nSPS) is 14.6. The monoisotopic (exact) mass is 622 g/mol. The molecule has 0 saturated heterocycles. The number of benzene rings is 3. The Kier molecular flexibility index (Phi) is 7.99. The highest BCUT2D eigenvalue weighted by Crippen LogP contribution is 2.37. The van der Waals surface area contributed by atoms with E-state index in [1.807, 2.05) is 54.8 Å². The molecule has 1 aliphatic rings. The van der Waals surface area contributed by atoms with Crippen LogP contribution in [0.5, 0.6) is 11.5 Å². The molecule has 1 atom stereocenters. The molecule has 2 aromatic heterocycles. The highest BCUT2D eigenvalue weighted by molar-refractivity contribution is 7.07. The smallest absolute Gasteiger partial charge is 0.271 e. The van der Waals surface area contributed by atoms with E-state index in [1.54, 1.807) is 62.1 Å². The third-order valence-corrected chi connectivity index (χ3v) is 8.86. The lowest BCUT2D eigenvalue weighted by molar-refractivity contribution is -0.113. The molecule has 45 heavy (non-hydrogen) atoms. The van der Waals surface area contributed by atoms with E-state index < -0.39 is 6.04 Å². The van der Waals surface area contributed by atoms with Gasteiger partial charge in [-0.3, -0.25) is 14.2 Å². The van der Waals surface area contributed by atoms with Gasteiger partial charge in [0, 0.05) is 34.4 Å². The van der Waals surface area contributed by atoms with Crippen molar-refractivity contribution >= 4 is 29.0 Å². The Labute approximate surface area is 263 Å². The number of carbonyl (C=O) groups excluding carboxylic acids is 1. The van der Waals surface area contributed by atoms with Gasteiger partial charge in [-0.1, -0.05) is 29.5 Å². The number of amides is 1. The summed E-state index contributed by atoms with van der Waals surface area (Å²) in [5.41, 5.74) is 5.29. The number of nitrogens with one attached hydrogen (secondary N) is 1. The second-order valence-corrected chi connectivity index (χ2v) is 11.7. The predicted molar refractivity (Wildman–Crippen MR) is 174 cm³/mol. The topological polar surface area (TPSA) is 86.9 Å². The molecule has 0 bridgehead atoms. The van der Waals surface area contributed by atoms with Crippen molar-refractivity contribution in [3.63, 3.8) is 0 Å². The van der Waals surface area contributed by atoms with Crippen molar-refractivity contribution in [1.82, 2.24) is 9.13 Å². The van der Waals surface area contributed by atoms with Crippen LogP contribution in [0.25, 0.3) is 11.8 Å². The molecule has 0 fully saturated rings. The molecule has 0 unspecified atom stereocenters. The van der Waals surface area contributed by atoms with E-state index in [1.165, 1.54) is 23.5 Å². The molecule has 3 aromatic carbocycles. The van der Waals surface area contributed by atoms with E-state index in [-0.39, 0.29) is 17.3 Å². The quantitative estimate of drug-likeness (QED) is 0.262. The molecule has 228 valence electrons. The van der Waals surface area contributed by atoms with Crippen LogP contribution < -0.4 is 29.7 Å². The number of methoxy groups -OCH3 is 2. The van der Waals surface area contributed by atoms with E-state index >= 15 is 0 Å². The van der Waals surface area contributed by atoms with Gasteiger partial charge in [0.2, 0.25) is 0 Å². The van der Waals surface area contributed by atoms with Crippen molar-refractivity contribution in [2.24, 2.45) is 4.99 Å². The Morgan fingerprint density at radius 3 is 2.40 bits per heavy atom. The zero-order valence-corrected chi connectivity index (χ0v) is 26.2. The molecular formula is C35H31FN4O4S. The lowest BCUT2D eigenvalue weighted by atomic mass is 9.94. The Morgan fingerprint density at radius 1 is 0.978 bits per heavy atom. The molecule has 6 rings (SSSR count). The van der Waals surface area contributed by atoms with E-state index in [2.05, 4.69) is 5.32 Å². The minimum Gasteiger partial charge on any atom is -0.497 e. The second kappa shape index (κ2) is 12.0. The largest absolute Gasteiger partial charge is 0.497 e. The summed E-state index contributed by atoms with van der Waals surface area (Å²) in [5.74, 6) is 0.368. The molecule has 10 heteroatoms. The van der Waals surface area contributed by atoms with Crippen LogP contribution in [0, 0.1) is 19.7 Å².